The zero-order valence-corrected chi connectivity index (χ0v) is 17.6. The molecule has 1 amide bonds. The predicted molar refractivity (Wildman–Crippen MR) is 118 cm³/mol. The summed E-state index contributed by atoms with van der Waals surface area (Å²) in [6.07, 6.45) is -0.656. The summed E-state index contributed by atoms with van der Waals surface area (Å²) in [7, 11) is 1.58. The molecule has 0 saturated carbocycles. The van der Waals surface area contributed by atoms with Crippen molar-refractivity contribution in [3.8, 4) is 5.75 Å². The van der Waals surface area contributed by atoms with E-state index in [0.29, 0.717) is 11.3 Å². The molecule has 1 aliphatic rings. The van der Waals surface area contributed by atoms with E-state index >= 15 is 0 Å². The molecule has 0 N–H and O–H groups in total. The topological polar surface area (TPSA) is 59.1 Å². The molecule has 1 heterocycles. The van der Waals surface area contributed by atoms with Crippen molar-refractivity contribution in [1.82, 2.24) is 4.90 Å². The third kappa shape index (κ3) is 4.67. The number of amides is 1. The minimum Gasteiger partial charge on any atom is -0.497 e. The SMILES string of the molecule is COc1ccc(C(=O)CN(C(=O)[C@@H]2O[C@@H]2C)C(c2ccccc2)c2ccccc2)cc1. The Morgan fingerprint density at radius 3 is 1.87 bits per heavy atom. The van der Waals surface area contributed by atoms with Crippen LogP contribution in [0.25, 0.3) is 0 Å². The Morgan fingerprint density at radius 2 is 1.42 bits per heavy atom. The standard InChI is InChI=1S/C26H25NO4/c1-18-25(31-18)26(29)27(17-23(28)19-13-15-22(30-2)16-14-19)24(20-9-5-3-6-10-20)21-11-7-4-8-12-21/h3-16,18,24-25H,17H2,1-2H3/t18-,25-/m1/s1. The fourth-order valence-corrected chi connectivity index (χ4v) is 3.75. The molecule has 1 aliphatic heterocycles. The highest BCUT2D eigenvalue weighted by molar-refractivity contribution is 6.00. The molecule has 5 nitrogen and oxygen atoms in total. The summed E-state index contributed by atoms with van der Waals surface area (Å²) in [6.45, 7) is 1.82. The van der Waals surface area contributed by atoms with E-state index in [4.69, 9.17) is 9.47 Å². The summed E-state index contributed by atoms with van der Waals surface area (Å²) >= 11 is 0. The van der Waals surface area contributed by atoms with Gasteiger partial charge in [0.25, 0.3) is 5.91 Å². The van der Waals surface area contributed by atoms with Gasteiger partial charge >= 0.3 is 0 Å². The number of carbonyl (C=O) groups excluding carboxylic acids is 2. The van der Waals surface area contributed by atoms with E-state index in [1.165, 1.54) is 0 Å². The van der Waals surface area contributed by atoms with Crippen molar-refractivity contribution in [1.29, 1.82) is 0 Å². The van der Waals surface area contributed by atoms with Gasteiger partial charge in [0.1, 0.15) is 5.75 Å². The molecule has 5 heteroatoms. The number of epoxide rings is 1. The highest BCUT2D eigenvalue weighted by Gasteiger charge is 2.45. The van der Waals surface area contributed by atoms with Crippen LogP contribution in [0.2, 0.25) is 0 Å². The molecule has 1 fully saturated rings. The lowest BCUT2D eigenvalue weighted by atomic mass is 9.95. The van der Waals surface area contributed by atoms with Gasteiger partial charge in [0.05, 0.1) is 25.8 Å². The van der Waals surface area contributed by atoms with Gasteiger partial charge < -0.3 is 14.4 Å². The maximum atomic E-state index is 13.4. The molecule has 0 spiro atoms. The van der Waals surface area contributed by atoms with E-state index in [1.54, 1.807) is 36.3 Å². The first kappa shape index (κ1) is 20.8. The van der Waals surface area contributed by atoms with Crippen LogP contribution in [0.4, 0.5) is 0 Å². The summed E-state index contributed by atoms with van der Waals surface area (Å²) in [5.74, 6) is 0.365. The summed E-state index contributed by atoms with van der Waals surface area (Å²) in [5, 5.41) is 0. The highest BCUT2D eigenvalue weighted by atomic mass is 16.6. The second-order valence-electron chi connectivity index (χ2n) is 7.60. The number of Topliss-reactive ketones (excluding diaryl/α,β-unsaturated/α-hetero) is 1. The van der Waals surface area contributed by atoms with Gasteiger partial charge in [0.15, 0.2) is 11.9 Å². The fraction of sp³-hybridized carbons (Fsp3) is 0.231. The first-order chi connectivity index (χ1) is 15.1. The summed E-state index contributed by atoms with van der Waals surface area (Å²) in [4.78, 5) is 28.2. The van der Waals surface area contributed by atoms with E-state index in [1.807, 2.05) is 67.6 Å². The van der Waals surface area contributed by atoms with E-state index in [0.717, 1.165) is 11.1 Å². The van der Waals surface area contributed by atoms with E-state index in [9.17, 15) is 9.59 Å². The van der Waals surface area contributed by atoms with Gasteiger partial charge in [-0.1, -0.05) is 60.7 Å². The fourth-order valence-electron chi connectivity index (χ4n) is 3.75. The van der Waals surface area contributed by atoms with E-state index in [-0.39, 0.29) is 24.3 Å². The Labute approximate surface area is 182 Å². The molecule has 4 rings (SSSR count). The van der Waals surface area contributed by atoms with Crippen LogP contribution in [0.15, 0.2) is 84.9 Å². The minimum absolute atomic E-state index is 0.0494. The van der Waals surface area contributed by atoms with Crippen molar-refractivity contribution in [2.24, 2.45) is 0 Å². The van der Waals surface area contributed by atoms with Crippen LogP contribution in [-0.4, -0.2) is 42.5 Å². The number of nitrogens with zero attached hydrogens (tertiary/aromatic N) is 1. The minimum atomic E-state index is -0.515. The molecule has 3 aromatic carbocycles. The van der Waals surface area contributed by atoms with Crippen molar-refractivity contribution < 1.29 is 19.1 Å². The lowest BCUT2D eigenvalue weighted by Crippen LogP contribution is -2.42. The molecule has 0 aliphatic carbocycles. The molecule has 1 saturated heterocycles. The quantitative estimate of drug-likeness (QED) is 0.407. The zero-order chi connectivity index (χ0) is 21.8. The van der Waals surface area contributed by atoms with Crippen LogP contribution in [0.3, 0.4) is 0 Å². The molecule has 0 radical (unpaired) electrons. The molecule has 0 unspecified atom stereocenters. The lowest BCUT2D eigenvalue weighted by Gasteiger charge is -2.32. The maximum absolute atomic E-state index is 13.4. The number of benzene rings is 3. The van der Waals surface area contributed by atoms with Gasteiger partial charge in [-0.05, 0) is 42.3 Å². The number of hydrogen-bond acceptors (Lipinski definition) is 4. The molecular weight excluding hydrogens is 390 g/mol. The number of hydrogen-bond donors (Lipinski definition) is 0. The Morgan fingerprint density at radius 1 is 0.903 bits per heavy atom. The van der Waals surface area contributed by atoms with Gasteiger partial charge in [-0.3, -0.25) is 9.59 Å². The van der Waals surface area contributed by atoms with Crippen molar-refractivity contribution >= 4 is 11.7 Å². The third-order valence-electron chi connectivity index (χ3n) is 5.51. The van der Waals surface area contributed by atoms with Gasteiger partial charge in [0.2, 0.25) is 0 Å². The van der Waals surface area contributed by atoms with Gasteiger partial charge in [-0.25, -0.2) is 0 Å². The number of ketones is 1. The molecule has 0 bridgehead atoms. The third-order valence-corrected chi connectivity index (χ3v) is 5.51. The van der Waals surface area contributed by atoms with Crippen LogP contribution in [-0.2, 0) is 9.53 Å². The van der Waals surface area contributed by atoms with Gasteiger partial charge in [-0.15, -0.1) is 0 Å². The summed E-state index contributed by atoms with van der Waals surface area (Å²) in [5.41, 5.74) is 2.42. The Hall–Kier alpha value is -3.44. The van der Waals surface area contributed by atoms with Crippen LogP contribution >= 0.6 is 0 Å². The molecule has 3 aromatic rings. The average molecular weight is 415 g/mol. The average Bonchev–Trinajstić information content (AvgIpc) is 3.56. The Balaban J connectivity index is 1.71. The smallest absolute Gasteiger partial charge is 0.255 e. The van der Waals surface area contributed by atoms with Gasteiger partial charge in [-0.2, -0.15) is 0 Å². The second-order valence-corrected chi connectivity index (χ2v) is 7.60. The number of ether oxygens (including phenoxy) is 2. The van der Waals surface area contributed by atoms with E-state index < -0.39 is 12.1 Å². The van der Waals surface area contributed by atoms with Gasteiger partial charge in [0, 0.05) is 5.56 Å². The summed E-state index contributed by atoms with van der Waals surface area (Å²) in [6, 6.07) is 26.1. The number of rotatable bonds is 8. The first-order valence-corrected chi connectivity index (χ1v) is 10.3. The van der Waals surface area contributed by atoms with Crippen molar-refractivity contribution in [3.05, 3.63) is 102 Å². The molecule has 0 aromatic heterocycles. The first-order valence-electron chi connectivity index (χ1n) is 10.3. The van der Waals surface area contributed by atoms with Crippen LogP contribution in [0.1, 0.15) is 34.5 Å². The highest BCUT2D eigenvalue weighted by Crippen LogP contribution is 2.33. The number of methoxy groups -OCH3 is 1. The van der Waals surface area contributed by atoms with Crippen LogP contribution in [0, 0.1) is 0 Å². The molecule has 2 atom stereocenters. The number of carbonyl (C=O) groups is 2. The molecule has 31 heavy (non-hydrogen) atoms. The van der Waals surface area contributed by atoms with Crippen LogP contribution in [0.5, 0.6) is 5.75 Å². The van der Waals surface area contributed by atoms with E-state index in [2.05, 4.69) is 0 Å². The maximum Gasteiger partial charge on any atom is 0.255 e. The lowest BCUT2D eigenvalue weighted by molar-refractivity contribution is -0.133. The Kier molecular flexibility index (Phi) is 6.14. The normalized spacial score (nSPS) is 17.3. The molecular formula is C26H25NO4. The zero-order valence-electron chi connectivity index (χ0n) is 17.6. The largest absolute Gasteiger partial charge is 0.497 e. The second kappa shape index (κ2) is 9.14. The van der Waals surface area contributed by atoms with Crippen LogP contribution < -0.4 is 4.74 Å². The predicted octanol–water partition coefficient (Wildman–Crippen LogP) is 4.28. The summed E-state index contributed by atoms with van der Waals surface area (Å²) < 4.78 is 10.7. The van der Waals surface area contributed by atoms with Crippen molar-refractivity contribution in [3.63, 3.8) is 0 Å². The molecule has 158 valence electrons. The van der Waals surface area contributed by atoms with Crippen molar-refractivity contribution in [2.45, 2.75) is 25.2 Å². The Bertz CT molecular complexity index is 995. The van der Waals surface area contributed by atoms with Crippen molar-refractivity contribution in [2.75, 3.05) is 13.7 Å². The monoisotopic (exact) mass is 415 g/mol.